The van der Waals surface area contributed by atoms with Gasteiger partial charge in [0.25, 0.3) is 0 Å². The summed E-state index contributed by atoms with van der Waals surface area (Å²) < 4.78 is 5.06. The van der Waals surface area contributed by atoms with E-state index in [0.29, 0.717) is 45.3 Å². The third-order valence-corrected chi connectivity index (χ3v) is 3.95. The molecule has 1 N–H and O–H groups in total. The summed E-state index contributed by atoms with van der Waals surface area (Å²) >= 11 is 1.42. The van der Waals surface area contributed by atoms with E-state index in [0.717, 1.165) is 6.29 Å². The van der Waals surface area contributed by atoms with E-state index in [2.05, 4.69) is 30.2 Å². The summed E-state index contributed by atoms with van der Waals surface area (Å²) in [6.45, 7) is 1.79. The van der Waals surface area contributed by atoms with E-state index in [1.165, 1.54) is 18.0 Å². The van der Waals surface area contributed by atoms with Crippen LogP contribution in [0, 0.1) is 6.92 Å². The van der Waals surface area contributed by atoms with E-state index in [4.69, 9.17) is 4.74 Å². The molecule has 0 aliphatic heterocycles. The maximum absolute atomic E-state index is 11.2. The highest BCUT2D eigenvalue weighted by Gasteiger charge is 2.14. The average Bonchev–Trinajstić information content (AvgIpc) is 2.68. The number of nitrogens with one attached hydrogen (secondary N) is 1. The lowest BCUT2D eigenvalue weighted by Gasteiger charge is -2.11. The second kappa shape index (κ2) is 7.87. The molecular formula is C17H16N6O2S. The molecule has 0 bridgehead atoms. The lowest BCUT2D eigenvalue weighted by atomic mass is 10.2. The van der Waals surface area contributed by atoms with Gasteiger partial charge in [0.1, 0.15) is 11.6 Å². The first-order valence-corrected chi connectivity index (χ1v) is 8.84. The van der Waals surface area contributed by atoms with Gasteiger partial charge in [0.15, 0.2) is 17.3 Å². The number of aryl methyl sites for hydroxylation is 1. The summed E-state index contributed by atoms with van der Waals surface area (Å²) in [6, 6.07) is 5.25. The lowest BCUT2D eigenvalue weighted by Crippen LogP contribution is -2.03. The van der Waals surface area contributed by atoms with Crippen molar-refractivity contribution in [2.24, 2.45) is 0 Å². The van der Waals surface area contributed by atoms with Crippen molar-refractivity contribution in [3.05, 3.63) is 42.0 Å². The van der Waals surface area contributed by atoms with Gasteiger partial charge in [-0.05, 0) is 25.3 Å². The quantitative estimate of drug-likeness (QED) is 0.519. The van der Waals surface area contributed by atoms with E-state index in [1.54, 1.807) is 32.4 Å². The Bertz CT molecular complexity index is 933. The van der Waals surface area contributed by atoms with Gasteiger partial charge in [0, 0.05) is 17.8 Å². The van der Waals surface area contributed by atoms with Crippen molar-refractivity contribution in [2.45, 2.75) is 12.1 Å². The Kier molecular flexibility index (Phi) is 5.37. The van der Waals surface area contributed by atoms with Crippen LogP contribution in [-0.4, -0.2) is 44.6 Å². The zero-order chi connectivity index (χ0) is 18.5. The van der Waals surface area contributed by atoms with Crippen LogP contribution < -0.4 is 10.1 Å². The first-order chi connectivity index (χ1) is 12.6. The predicted molar refractivity (Wildman–Crippen MR) is 99.0 cm³/mol. The highest BCUT2D eigenvalue weighted by Crippen LogP contribution is 2.28. The Morgan fingerprint density at radius 2 is 2.00 bits per heavy atom. The van der Waals surface area contributed by atoms with Crippen molar-refractivity contribution in [3.63, 3.8) is 0 Å². The number of hydrogen-bond acceptors (Lipinski definition) is 9. The Morgan fingerprint density at radius 3 is 2.65 bits per heavy atom. The van der Waals surface area contributed by atoms with Crippen molar-refractivity contribution in [1.82, 2.24) is 24.9 Å². The predicted octanol–water partition coefficient (Wildman–Crippen LogP) is 2.92. The average molecular weight is 368 g/mol. The molecule has 0 atom stereocenters. The fourth-order valence-corrected chi connectivity index (χ4v) is 2.60. The molecule has 0 aromatic carbocycles. The van der Waals surface area contributed by atoms with Gasteiger partial charge in [-0.1, -0.05) is 11.8 Å². The SMILES string of the molecule is COc1ccc(Nc2ncc(C=O)cc2-c2nc(C)nc(SC)n2)cn1. The summed E-state index contributed by atoms with van der Waals surface area (Å²) in [4.78, 5) is 32.8. The second-order valence-corrected chi connectivity index (χ2v) is 5.96. The summed E-state index contributed by atoms with van der Waals surface area (Å²) in [6.07, 6.45) is 5.74. The number of aldehydes is 1. The third kappa shape index (κ3) is 3.94. The minimum Gasteiger partial charge on any atom is -0.481 e. The number of hydrogen-bond donors (Lipinski definition) is 1. The maximum Gasteiger partial charge on any atom is 0.213 e. The molecule has 0 fully saturated rings. The number of thioether (sulfide) groups is 1. The van der Waals surface area contributed by atoms with Crippen LogP contribution in [0.15, 0.2) is 35.7 Å². The van der Waals surface area contributed by atoms with E-state index in [9.17, 15) is 4.79 Å². The molecule has 0 aliphatic rings. The molecule has 3 aromatic rings. The number of methoxy groups -OCH3 is 1. The van der Waals surface area contributed by atoms with Gasteiger partial charge in [-0.2, -0.15) is 0 Å². The Hall–Kier alpha value is -3.07. The van der Waals surface area contributed by atoms with Crippen LogP contribution in [0.1, 0.15) is 16.2 Å². The van der Waals surface area contributed by atoms with Crippen molar-refractivity contribution in [2.75, 3.05) is 18.7 Å². The van der Waals surface area contributed by atoms with Gasteiger partial charge < -0.3 is 10.1 Å². The molecule has 0 saturated heterocycles. The van der Waals surface area contributed by atoms with Crippen LogP contribution >= 0.6 is 11.8 Å². The van der Waals surface area contributed by atoms with Crippen LogP contribution in [0.2, 0.25) is 0 Å². The van der Waals surface area contributed by atoms with Crippen LogP contribution in [0.3, 0.4) is 0 Å². The van der Waals surface area contributed by atoms with Crippen LogP contribution in [0.4, 0.5) is 11.5 Å². The smallest absolute Gasteiger partial charge is 0.213 e. The standard InChI is InChI=1S/C17H16N6O2S/c1-10-20-16(23-17(21-10)26-3)13-6-11(9-24)7-19-15(13)22-12-4-5-14(25-2)18-8-12/h4-9H,1-3H3,(H,19,22). The van der Waals surface area contributed by atoms with Gasteiger partial charge in [-0.15, -0.1) is 0 Å². The molecule has 8 nitrogen and oxygen atoms in total. The van der Waals surface area contributed by atoms with Gasteiger partial charge in [-0.3, -0.25) is 4.79 Å². The monoisotopic (exact) mass is 368 g/mol. The zero-order valence-corrected chi connectivity index (χ0v) is 15.2. The van der Waals surface area contributed by atoms with Crippen LogP contribution in [0.5, 0.6) is 5.88 Å². The molecule has 0 spiro atoms. The minimum absolute atomic E-state index is 0.433. The molecule has 132 valence electrons. The summed E-state index contributed by atoms with van der Waals surface area (Å²) in [5, 5.41) is 3.78. The van der Waals surface area contributed by atoms with Crippen molar-refractivity contribution < 1.29 is 9.53 Å². The Labute approximate surface area is 154 Å². The summed E-state index contributed by atoms with van der Waals surface area (Å²) in [5.41, 5.74) is 1.75. The maximum atomic E-state index is 11.2. The van der Waals surface area contributed by atoms with Crippen molar-refractivity contribution in [3.8, 4) is 17.3 Å². The normalized spacial score (nSPS) is 10.4. The molecule has 0 saturated carbocycles. The Morgan fingerprint density at radius 1 is 1.15 bits per heavy atom. The summed E-state index contributed by atoms with van der Waals surface area (Å²) in [7, 11) is 1.56. The molecule has 0 radical (unpaired) electrons. The molecule has 3 heterocycles. The zero-order valence-electron chi connectivity index (χ0n) is 14.4. The number of aromatic nitrogens is 5. The third-order valence-electron chi connectivity index (χ3n) is 3.40. The second-order valence-electron chi connectivity index (χ2n) is 5.19. The fourth-order valence-electron chi connectivity index (χ4n) is 2.20. The number of ether oxygens (including phenoxy) is 1. The molecule has 0 amide bonds. The molecular weight excluding hydrogens is 352 g/mol. The van der Waals surface area contributed by atoms with Gasteiger partial charge >= 0.3 is 0 Å². The van der Waals surface area contributed by atoms with E-state index < -0.39 is 0 Å². The van der Waals surface area contributed by atoms with Crippen LogP contribution in [-0.2, 0) is 0 Å². The van der Waals surface area contributed by atoms with Gasteiger partial charge in [0.2, 0.25) is 5.88 Å². The highest BCUT2D eigenvalue weighted by atomic mass is 32.2. The molecule has 0 unspecified atom stereocenters. The first-order valence-electron chi connectivity index (χ1n) is 7.62. The molecule has 9 heteroatoms. The van der Waals surface area contributed by atoms with Crippen molar-refractivity contribution in [1.29, 1.82) is 0 Å². The summed E-state index contributed by atoms with van der Waals surface area (Å²) in [5.74, 6) is 2.06. The number of anilines is 2. The molecule has 3 rings (SSSR count). The van der Waals surface area contributed by atoms with Gasteiger partial charge in [0.05, 0.1) is 24.6 Å². The van der Waals surface area contributed by atoms with Gasteiger partial charge in [-0.25, -0.2) is 24.9 Å². The van der Waals surface area contributed by atoms with E-state index in [-0.39, 0.29) is 0 Å². The lowest BCUT2D eigenvalue weighted by molar-refractivity contribution is 0.112. The van der Waals surface area contributed by atoms with E-state index >= 15 is 0 Å². The van der Waals surface area contributed by atoms with E-state index in [1.807, 2.05) is 12.3 Å². The largest absolute Gasteiger partial charge is 0.481 e. The van der Waals surface area contributed by atoms with Crippen molar-refractivity contribution >= 4 is 29.6 Å². The number of rotatable bonds is 6. The topological polar surface area (TPSA) is 103 Å². The number of pyridine rings is 2. The molecule has 0 aliphatic carbocycles. The minimum atomic E-state index is 0.433. The molecule has 3 aromatic heterocycles. The number of nitrogens with zero attached hydrogens (tertiary/aromatic N) is 5. The fraction of sp³-hybridized carbons (Fsp3) is 0.176. The number of carbonyl (C=O) groups excluding carboxylic acids is 1. The highest BCUT2D eigenvalue weighted by molar-refractivity contribution is 7.98. The Balaban J connectivity index is 2.05. The van der Waals surface area contributed by atoms with Crippen LogP contribution in [0.25, 0.3) is 11.4 Å². The number of carbonyl (C=O) groups is 1. The first kappa shape index (κ1) is 17.7. The molecule has 26 heavy (non-hydrogen) atoms.